The molecule has 0 aliphatic carbocycles. The van der Waals surface area contributed by atoms with Gasteiger partial charge in [-0.3, -0.25) is 5.41 Å². The van der Waals surface area contributed by atoms with Crippen LogP contribution in [0.3, 0.4) is 0 Å². The first-order chi connectivity index (χ1) is 13.0. The van der Waals surface area contributed by atoms with Crippen LogP contribution in [0.5, 0.6) is 17.2 Å². The van der Waals surface area contributed by atoms with Crippen LogP contribution in [0, 0.1) is 5.41 Å². The zero-order valence-electron chi connectivity index (χ0n) is 13.8. The van der Waals surface area contributed by atoms with Crippen LogP contribution in [-0.2, 0) is 0 Å². The number of hydrazone groups is 1. The number of hydrogen-bond acceptors (Lipinski definition) is 8. The number of para-hydroxylation sites is 1. The zero-order chi connectivity index (χ0) is 19.1. The summed E-state index contributed by atoms with van der Waals surface area (Å²) in [6, 6.07) is 10.1. The average Bonchev–Trinajstić information content (AvgIpc) is 3.19. The molecule has 0 fully saturated rings. The molecule has 0 atom stereocenters. The number of aromatic nitrogens is 1. The van der Waals surface area contributed by atoms with Crippen LogP contribution in [0.25, 0.3) is 15.8 Å². The molecule has 9 heteroatoms. The van der Waals surface area contributed by atoms with E-state index in [0.29, 0.717) is 10.6 Å². The highest BCUT2D eigenvalue weighted by Crippen LogP contribution is 2.37. The van der Waals surface area contributed by atoms with Gasteiger partial charge in [-0.1, -0.05) is 12.1 Å². The van der Waals surface area contributed by atoms with Crippen molar-refractivity contribution in [2.45, 2.75) is 0 Å². The highest BCUT2D eigenvalue weighted by Gasteiger charge is 2.30. The van der Waals surface area contributed by atoms with Crippen molar-refractivity contribution in [1.82, 2.24) is 9.99 Å². The van der Waals surface area contributed by atoms with Gasteiger partial charge in [-0.2, -0.15) is 5.10 Å². The predicted octanol–water partition coefficient (Wildman–Crippen LogP) is 3.01. The molecule has 0 saturated carbocycles. The molecule has 0 unspecified atom stereocenters. The molecular weight excluding hydrogens is 368 g/mol. The molecule has 0 amide bonds. The summed E-state index contributed by atoms with van der Waals surface area (Å²) >= 11 is 1.38. The molecular formula is C18H14N4O4S. The Morgan fingerprint density at radius 3 is 2.63 bits per heavy atom. The first-order valence-corrected chi connectivity index (χ1v) is 8.69. The van der Waals surface area contributed by atoms with Crippen LogP contribution >= 0.6 is 11.3 Å². The number of nitrogens with zero attached hydrogens (tertiary/aromatic N) is 3. The normalized spacial score (nSPS) is 14.8. The van der Waals surface area contributed by atoms with Gasteiger partial charge in [-0.15, -0.1) is 11.3 Å². The van der Waals surface area contributed by atoms with Crippen molar-refractivity contribution in [2.75, 3.05) is 6.54 Å². The SMILES string of the molecule is N=C1C(c2nc3ccccc3s2)=C(O)CN1/N=C/c1ccc(O)c(O)c1O. The van der Waals surface area contributed by atoms with E-state index >= 15 is 0 Å². The van der Waals surface area contributed by atoms with Gasteiger partial charge in [-0.25, -0.2) is 9.99 Å². The van der Waals surface area contributed by atoms with Gasteiger partial charge in [0.2, 0.25) is 5.75 Å². The fourth-order valence-electron chi connectivity index (χ4n) is 2.69. The number of aliphatic hydroxyl groups excluding tert-OH is 1. The number of fused-ring (bicyclic) bond motifs is 1. The van der Waals surface area contributed by atoms with E-state index in [4.69, 9.17) is 5.41 Å². The molecule has 8 nitrogen and oxygen atoms in total. The van der Waals surface area contributed by atoms with E-state index in [-0.39, 0.29) is 23.7 Å². The van der Waals surface area contributed by atoms with E-state index in [1.54, 1.807) is 0 Å². The maximum Gasteiger partial charge on any atom is 0.200 e. The first kappa shape index (κ1) is 16.9. The molecule has 0 saturated heterocycles. The first-order valence-electron chi connectivity index (χ1n) is 7.88. The minimum atomic E-state index is -0.647. The summed E-state index contributed by atoms with van der Waals surface area (Å²) in [5.41, 5.74) is 1.26. The minimum absolute atomic E-state index is 0.00851. The van der Waals surface area contributed by atoms with Crippen LogP contribution in [0.15, 0.2) is 47.3 Å². The molecule has 5 N–H and O–H groups in total. The Morgan fingerprint density at radius 2 is 1.85 bits per heavy atom. The van der Waals surface area contributed by atoms with E-state index in [1.165, 1.54) is 34.7 Å². The Morgan fingerprint density at radius 1 is 1.07 bits per heavy atom. The Labute approximate surface area is 157 Å². The number of phenolic OH excluding ortho intramolecular Hbond substituents is 3. The summed E-state index contributed by atoms with van der Waals surface area (Å²) in [7, 11) is 0. The van der Waals surface area contributed by atoms with Crippen LogP contribution in [-0.4, -0.2) is 49.0 Å². The number of hydrogen-bond donors (Lipinski definition) is 5. The van der Waals surface area contributed by atoms with E-state index in [9.17, 15) is 20.4 Å². The van der Waals surface area contributed by atoms with Gasteiger partial charge < -0.3 is 20.4 Å². The number of phenols is 3. The quantitative estimate of drug-likeness (QED) is 0.349. The van der Waals surface area contributed by atoms with Crippen molar-refractivity contribution in [3.05, 3.63) is 52.7 Å². The van der Waals surface area contributed by atoms with Crippen molar-refractivity contribution >= 4 is 39.2 Å². The molecule has 0 bridgehead atoms. The third-order valence-corrected chi connectivity index (χ3v) is 5.14. The number of aliphatic hydroxyl groups is 1. The van der Waals surface area contributed by atoms with Crippen molar-refractivity contribution in [1.29, 1.82) is 5.41 Å². The smallest absolute Gasteiger partial charge is 0.200 e. The molecule has 1 aromatic heterocycles. The Balaban J connectivity index is 1.61. The highest BCUT2D eigenvalue weighted by molar-refractivity contribution is 7.19. The van der Waals surface area contributed by atoms with Crippen molar-refractivity contribution in [2.24, 2.45) is 5.10 Å². The molecule has 4 rings (SSSR count). The van der Waals surface area contributed by atoms with Gasteiger partial charge in [0.1, 0.15) is 17.3 Å². The summed E-state index contributed by atoms with van der Waals surface area (Å²) in [4.78, 5) is 4.46. The van der Waals surface area contributed by atoms with Crippen LogP contribution in [0.1, 0.15) is 10.6 Å². The zero-order valence-corrected chi connectivity index (χ0v) is 14.6. The Bertz CT molecular complexity index is 1100. The molecule has 0 spiro atoms. The molecule has 3 aromatic rings. The highest BCUT2D eigenvalue weighted by atomic mass is 32.1. The van der Waals surface area contributed by atoms with E-state index in [0.717, 1.165) is 10.2 Å². The lowest BCUT2D eigenvalue weighted by Crippen LogP contribution is -2.20. The van der Waals surface area contributed by atoms with Crippen LogP contribution in [0.4, 0.5) is 0 Å². The number of benzene rings is 2. The van der Waals surface area contributed by atoms with Gasteiger partial charge in [0.15, 0.2) is 17.3 Å². The van der Waals surface area contributed by atoms with Crippen molar-refractivity contribution < 1.29 is 20.4 Å². The summed E-state index contributed by atoms with van der Waals surface area (Å²) in [5, 5.41) is 53.2. The van der Waals surface area contributed by atoms with Crippen LogP contribution < -0.4 is 0 Å². The molecule has 1 aliphatic heterocycles. The number of amidine groups is 1. The monoisotopic (exact) mass is 382 g/mol. The van der Waals surface area contributed by atoms with Crippen LogP contribution in [0.2, 0.25) is 0 Å². The Hall–Kier alpha value is -3.59. The number of nitrogens with one attached hydrogen (secondary N) is 1. The summed E-state index contributed by atoms with van der Waals surface area (Å²) in [6.07, 6.45) is 1.23. The maximum absolute atomic E-state index is 10.3. The predicted molar refractivity (Wildman–Crippen MR) is 103 cm³/mol. The average molecular weight is 382 g/mol. The fraction of sp³-hybridized carbons (Fsp3) is 0.0556. The van der Waals surface area contributed by atoms with Gasteiger partial charge in [0.05, 0.1) is 22.0 Å². The molecule has 0 radical (unpaired) electrons. The Kier molecular flexibility index (Phi) is 3.93. The largest absolute Gasteiger partial charge is 0.509 e. The lowest BCUT2D eigenvalue weighted by atomic mass is 10.2. The van der Waals surface area contributed by atoms with Gasteiger partial charge in [0.25, 0.3) is 0 Å². The van der Waals surface area contributed by atoms with Gasteiger partial charge in [-0.05, 0) is 24.3 Å². The standard InChI is InChI=1S/C18H14N4O4S/c19-17-14(18-21-10-3-1-2-4-13(10)27-18)12(24)8-22(17)20-7-9-5-6-11(23)16(26)15(9)25/h1-7,19,23-26H,8H2/b19-17?,20-7+. The second-order valence-electron chi connectivity index (χ2n) is 5.83. The lowest BCUT2D eigenvalue weighted by molar-refractivity contribution is 0.357. The molecule has 1 aliphatic rings. The van der Waals surface area contributed by atoms with E-state index < -0.39 is 17.2 Å². The third kappa shape index (κ3) is 2.83. The number of thiazole rings is 1. The van der Waals surface area contributed by atoms with Gasteiger partial charge >= 0.3 is 0 Å². The second-order valence-corrected chi connectivity index (χ2v) is 6.86. The fourth-order valence-corrected chi connectivity index (χ4v) is 3.72. The molecule has 2 heterocycles. The number of rotatable bonds is 3. The van der Waals surface area contributed by atoms with Crippen molar-refractivity contribution in [3.8, 4) is 17.2 Å². The molecule has 2 aromatic carbocycles. The lowest BCUT2D eigenvalue weighted by Gasteiger charge is -2.11. The second kappa shape index (κ2) is 6.29. The maximum atomic E-state index is 10.3. The molecule has 136 valence electrons. The van der Waals surface area contributed by atoms with E-state index in [1.807, 2.05) is 24.3 Å². The minimum Gasteiger partial charge on any atom is -0.509 e. The summed E-state index contributed by atoms with van der Waals surface area (Å²) < 4.78 is 0.951. The topological polar surface area (TPSA) is 133 Å². The van der Waals surface area contributed by atoms with E-state index in [2.05, 4.69) is 10.1 Å². The van der Waals surface area contributed by atoms with Gasteiger partial charge in [0, 0.05) is 5.56 Å². The third-order valence-electron chi connectivity index (χ3n) is 4.09. The summed E-state index contributed by atoms with van der Waals surface area (Å²) in [5.74, 6) is -1.66. The summed E-state index contributed by atoms with van der Waals surface area (Å²) in [6.45, 7) is -0.00851. The number of aromatic hydroxyl groups is 3. The molecule has 27 heavy (non-hydrogen) atoms. The van der Waals surface area contributed by atoms with Crippen molar-refractivity contribution in [3.63, 3.8) is 0 Å².